The van der Waals surface area contributed by atoms with Crippen molar-refractivity contribution in [3.8, 4) is 11.3 Å². The maximum absolute atomic E-state index is 5.99. The maximum Gasteiger partial charge on any atom is 0.141 e. The third-order valence-corrected chi connectivity index (χ3v) is 3.90. The standard InChI is InChI=1S/C19H18BN/c1-3-13-9-14(4-2)11-16(10-13)19-17-8-6-5-7-15(17)12-18(20)21-19/h5-12H,3-4H2,1-2H3. The van der Waals surface area contributed by atoms with E-state index in [0.717, 1.165) is 34.9 Å². The summed E-state index contributed by atoms with van der Waals surface area (Å²) in [5, 5.41) is 2.29. The topological polar surface area (TPSA) is 12.9 Å². The number of hydrogen-bond donors (Lipinski definition) is 0. The minimum Gasteiger partial charge on any atom is -0.264 e. The minimum atomic E-state index is 0.573. The molecule has 21 heavy (non-hydrogen) atoms. The smallest absolute Gasteiger partial charge is 0.141 e. The molecule has 0 aliphatic heterocycles. The van der Waals surface area contributed by atoms with Gasteiger partial charge in [0.25, 0.3) is 0 Å². The molecule has 0 saturated heterocycles. The highest BCUT2D eigenvalue weighted by molar-refractivity contribution is 6.32. The van der Waals surface area contributed by atoms with Crippen LogP contribution in [-0.2, 0) is 12.8 Å². The lowest BCUT2D eigenvalue weighted by Crippen LogP contribution is -2.09. The van der Waals surface area contributed by atoms with Crippen LogP contribution in [0.5, 0.6) is 0 Å². The SMILES string of the molecule is [B]c1cc2ccccc2c(-c2cc(CC)cc(CC)c2)n1. The molecular formula is C19H18BN. The van der Waals surface area contributed by atoms with Crippen LogP contribution in [0.1, 0.15) is 25.0 Å². The number of rotatable bonds is 3. The van der Waals surface area contributed by atoms with E-state index in [2.05, 4.69) is 49.2 Å². The molecule has 0 bridgehead atoms. The Balaban J connectivity index is 2.29. The quantitative estimate of drug-likeness (QED) is 0.660. The van der Waals surface area contributed by atoms with E-state index in [1.54, 1.807) is 0 Å². The van der Waals surface area contributed by atoms with Gasteiger partial charge in [0.15, 0.2) is 0 Å². The van der Waals surface area contributed by atoms with E-state index in [4.69, 9.17) is 7.85 Å². The highest BCUT2D eigenvalue weighted by atomic mass is 14.7. The Labute approximate surface area is 127 Å². The first kappa shape index (κ1) is 13.9. The molecule has 2 radical (unpaired) electrons. The summed E-state index contributed by atoms with van der Waals surface area (Å²) < 4.78 is 0. The molecule has 0 aliphatic carbocycles. The summed E-state index contributed by atoms with van der Waals surface area (Å²) in [7, 11) is 5.99. The molecule has 3 aromatic rings. The van der Waals surface area contributed by atoms with Crippen molar-refractivity contribution < 1.29 is 0 Å². The fourth-order valence-electron chi connectivity index (χ4n) is 2.75. The van der Waals surface area contributed by atoms with Crippen LogP contribution in [0.15, 0.2) is 48.5 Å². The molecular weight excluding hydrogens is 253 g/mol. The summed E-state index contributed by atoms with van der Waals surface area (Å²) >= 11 is 0. The third-order valence-electron chi connectivity index (χ3n) is 3.90. The lowest BCUT2D eigenvalue weighted by atomic mass is 9.94. The van der Waals surface area contributed by atoms with Gasteiger partial charge in [-0.1, -0.05) is 44.2 Å². The molecule has 0 saturated carbocycles. The normalized spacial score (nSPS) is 11.0. The Kier molecular flexibility index (Phi) is 3.79. The van der Waals surface area contributed by atoms with Crippen LogP contribution in [-0.4, -0.2) is 12.8 Å². The van der Waals surface area contributed by atoms with Gasteiger partial charge in [0.05, 0.1) is 5.69 Å². The molecule has 0 amide bonds. The molecule has 1 nitrogen and oxygen atoms in total. The van der Waals surface area contributed by atoms with E-state index in [1.807, 2.05) is 18.2 Å². The van der Waals surface area contributed by atoms with Gasteiger partial charge in [0.2, 0.25) is 0 Å². The lowest BCUT2D eigenvalue weighted by molar-refractivity contribution is 1.09. The molecule has 2 aromatic carbocycles. The molecule has 1 aromatic heterocycles. The largest absolute Gasteiger partial charge is 0.264 e. The molecule has 0 aliphatic rings. The molecule has 0 N–H and O–H groups in total. The predicted molar refractivity (Wildman–Crippen MR) is 91.3 cm³/mol. The van der Waals surface area contributed by atoms with Gasteiger partial charge in [-0.05, 0) is 53.1 Å². The molecule has 0 unspecified atom stereocenters. The number of nitrogens with zero attached hydrogens (tertiary/aromatic N) is 1. The molecule has 0 atom stereocenters. The Hall–Kier alpha value is -2.09. The van der Waals surface area contributed by atoms with E-state index in [9.17, 15) is 0 Å². The first-order chi connectivity index (χ1) is 10.2. The van der Waals surface area contributed by atoms with Crippen LogP contribution in [0.3, 0.4) is 0 Å². The van der Waals surface area contributed by atoms with E-state index >= 15 is 0 Å². The van der Waals surface area contributed by atoms with Gasteiger partial charge in [-0.2, -0.15) is 0 Å². The van der Waals surface area contributed by atoms with E-state index < -0.39 is 0 Å². The van der Waals surface area contributed by atoms with E-state index in [0.29, 0.717) is 5.59 Å². The van der Waals surface area contributed by atoms with Crippen molar-refractivity contribution in [3.63, 3.8) is 0 Å². The predicted octanol–water partition coefficient (Wildman–Crippen LogP) is 3.82. The monoisotopic (exact) mass is 271 g/mol. The number of hydrogen-bond acceptors (Lipinski definition) is 1. The third kappa shape index (κ3) is 2.71. The number of fused-ring (bicyclic) bond motifs is 1. The average molecular weight is 271 g/mol. The highest BCUT2D eigenvalue weighted by Gasteiger charge is 2.08. The number of benzene rings is 2. The molecule has 102 valence electrons. The van der Waals surface area contributed by atoms with Crippen molar-refractivity contribution in [1.82, 2.24) is 4.98 Å². The molecule has 2 heteroatoms. The van der Waals surface area contributed by atoms with E-state index in [-0.39, 0.29) is 0 Å². The van der Waals surface area contributed by atoms with Crippen molar-refractivity contribution in [3.05, 3.63) is 59.7 Å². The van der Waals surface area contributed by atoms with Crippen molar-refractivity contribution in [2.45, 2.75) is 26.7 Å². The summed E-state index contributed by atoms with van der Waals surface area (Å²) in [5.41, 5.74) is 5.41. The maximum atomic E-state index is 5.99. The summed E-state index contributed by atoms with van der Waals surface area (Å²) in [6, 6.07) is 16.9. The summed E-state index contributed by atoms with van der Waals surface area (Å²) in [4.78, 5) is 4.60. The van der Waals surface area contributed by atoms with Gasteiger partial charge >= 0.3 is 0 Å². The Morgan fingerprint density at radius 3 is 2.24 bits per heavy atom. The van der Waals surface area contributed by atoms with Crippen LogP contribution in [0.2, 0.25) is 0 Å². The summed E-state index contributed by atoms with van der Waals surface area (Å²) in [5.74, 6) is 0. The average Bonchev–Trinajstić information content (AvgIpc) is 2.53. The van der Waals surface area contributed by atoms with Crippen LogP contribution in [0, 0.1) is 0 Å². The van der Waals surface area contributed by atoms with Crippen LogP contribution in [0.4, 0.5) is 0 Å². The first-order valence-electron chi connectivity index (χ1n) is 7.49. The molecule has 0 spiro atoms. The van der Waals surface area contributed by atoms with Gasteiger partial charge in [0.1, 0.15) is 7.85 Å². The summed E-state index contributed by atoms with van der Waals surface area (Å²) in [6.07, 6.45) is 2.06. The van der Waals surface area contributed by atoms with Gasteiger partial charge in [-0.25, -0.2) is 0 Å². The molecule has 0 fully saturated rings. The Morgan fingerprint density at radius 2 is 1.57 bits per heavy atom. The first-order valence-corrected chi connectivity index (χ1v) is 7.49. The second-order valence-electron chi connectivity index (χ2n) is 5.36. The van der Waals surface area contributed by atoms with Crippen molar-refractivity contribution in [2.24, 2.45) is 0 Å². The van der Waals surface area contributed by atoms with Crippen molar-refractivity contribution in [1.29, 1.82) is 0 Å². The lowest BCUT2D eigenvalue weighted by Gasteiger charge is -2.11. The van der Waals surface area contributed by atoms with Gasteiger partial charge in [0, 0.05) is 10.9 Å². The van der Waals surface area contributed by atoms with Gasteiger partial charge in [-0.3, -0.25) is 4.98 Å². The van der Waals surface area contributed by atoms with Crippen molar-refractivity contribution >= 4 is 24.2 Å². The molecule has 3 rings (SSSR count). The molecule has 1 heterocycles. The van der Waals surface area contributed by atoms with Crippen LogP contribution in [0.25, 0.3) is 22.0 Å². The number of pyridine rings is 1. The van der Waals surface area contributed by atoms with Gasteiger partial charge < -0.3 is 0 Å². The second-order valence-corrected chi connectivity index (χ2v) is 5.36. The van der Waals surface area contributed by atoms with Crippen molar-refractivity contribution in [2.75, 3.05) is 0 Å². The van der Waals surface area contributed by atoms with Crippen LogP contribution >= 0.6 is 0 Å². The fourth-order valence-corrected chi connectivity index (χ4v) is 2.75. The Morgan fingerprint density at radius 1 is 0.905 bits per heavy atom. The van der Waals surface area contributed by atoms with Crippen LogP contribution < -0.4 is 5.59 Å². The number of aromatic nitrogens is 1. The Bertz CT molecular complexity index is 770. The zero-order valence-corrected chi connectivity index (χ0v) is 12.6. The zero-order chi connectivity index (χ0) is 14.8. The van der Waals surface area contributed by atoms with Gasteiger partial charge in [-0.15, -0.1) is 0 Å². The number of aryl methyl sites for hydroxylation is 2. The highest BCUT2D eigenvalue weighted by Crippen LogP contribution is 2.27. The summed E-state index contributed by atoms with van der Waals surface area (Å²) in [6.45, 7) is 4.37. The van der Waals surface area contributed by atoms with E-state index in [1.165, 1.54) is 11.1 Å². The fraction of sp³-hybridized carbons (Fsp3) is 0.211. The second kappa shape index (κ2) is 5.73. The zero-order valence-electron chi connectivity index (χ0n) is 12.6. The minimum absolute atomic E-state index is 0.573.